The Hall–Kier alpha value is -1.25. The third-order valence-corrected chi connectivity index (χ3v) is 3.34. The highest BCUT2D eigenvalue weighted by Gasteiger charge is 2.30. The van der Waals surface area contributed by atoms with Crippen molar-refractivity contribution in [2.75, 3.05) is 0 Å². The highest BCUT2D eigenvalue weighted by atomic mass is 16.1. The minimum absolute atomic E-state index is 0.344. The van der Waals surface area contributed by atoms with Gasteiger partial charge in [0.15, 0.2) is 0 Å². The molecule has 1 saturated carbocycles. The lowest BCUT2D eigenvalue weighted by Crippen LogP contribution is -2.09. The summed E-state index contributed by atoms with van der Waals surface area (Å²) in [6, 6.07) is 0. The minimum atomic E-state index is 0.344. The van der Waals surface area contributed by atoms with Gasteiger partial charge in [-0.05, 0) is 37.7 Å². The third kappa shape index (κ3) is 1.66. The lowest BCUT2D eigenvalue weighted by molar-refractivity contribution is -0.119. The summed E-state index contributed by atoms with van der Waals surface area (Å²) in [5.74, 6) is 0.722. The topological polar surface area (TPSA) is 42.9 Å². The van der Waals surface area contributed by atoms with Crippen LogP contribution >= 0.6 is 0 Å². The average molecular weight is 202 g/mol. The summed E-state index contributed by atoms with van der Waals surface area (Å²) in [6.07, 6.45) is 7.61. The maximum absolute atomic E-state index is 11.7. The fraction of sp³-hybridized carbons (Fsp3) is 0.583. The summed E-state index contributed by atoms with van der Waals surface area (Å²) in [5, 5.41) is 0. The lowest BCUT2D eigenvalue weighted by Gasteiger charge is -2.04. The Labute approximate surface area is 88.9 Å². The lowest BCUT2D eigenvalue weighted by atomic mass is 10.1. The molecule has 1 fully saturated rings. The maximum Gasteiger partial charge on any atom is 0.141 e. The van der Waals surface area contributed by atoms with Crippen molar-refractivity contribution in [1.29, 1.82) is 0 Å². The largest absolute Gasteiger partial charge is 0.299 e. The van der Waals surface area contributed by atoms with E-state index in [0.29, 0.717) is 18.1 Å². The molecule has 3 nitrogen and oxygen atoms in total. The number of rotatable bonds is 3. The summed E-state index contributed by atoms with van der Waals surface area (Å²) in [4.78, 5) is 20.2. The average Bonchev–Trinajstić information content (AvgIpc) is 2.97. The fourth-order valence-corrected chi connectivity index (χ4v) is 2.29. The van der Waals surface area contributed by atoms with Crippen molar-refractivity contribution in [3.8, 4) is 0 Å². The minimum Gasteiger partial charge on any atom is -0.299 e. The SMILES string of the molecule is O=C(Cc1ncnc2c1CCC2)C1CC1. The summed E-state index contributed by atoms with van der Waals surface area (Å²) in [6.45, 7) is 0. The van der Waals surface area contributed by atoms with E-state index >= 15 is 0 Å². The van der Waals surface area contributed by atoms with Crippen LogP contribution in [0.4, 0.5) is 0 Å². The molecular formula is C12H14N2O. The van der Waals surface area contributed by atoms with E-state index in [0.717, 1.165) is 31.4 Å². The van der Waals surface area contributed by atoms with E-state index in [9.17, 15) is 4.79 Å². The first-order chi connectivity index (χ1) is 7.34. The number of Topliss-reactive ketones (excluding diaryl/α,β-unsaturated/α-hetero) is 1. The van der Waals surface area contributed by atoms with Crippen LogP contribution in [-0.4, -0.2) is 15.8 Å². The number of hydrogen-bond acceptors (Lipinski definition) is 3. The van der Waals surface area contributed by atoms with Gasteiger partial charge in [0.25, 0.3) is 0 Å². The molecule has 0 N–H and O–H groups in total. The van der Waals surface area contributed by atoms with Crippen LogP contribution < -0.4 is 0 Å². The van der Waals surface area contributed by atoms with Gasteiger partial charge >= 0.3 is 0 Å². The van der Waals surface area contributed by atoms with Crippen LogP contribution in [0.25, 0.3) is 0 Å². The van der Waals surface area contributed by atoms with Gasteiger partial charge in [0.05, 0.1) is 5.69 Å². The van der Waals surface area contributed by atoms with Gasteiger partial charge in [-0.15, -0.1) is 0 Å². The van der Waals surface area contributed by atoms with E-state index in [-0.39, 0.29) is 0 Å². The Morgan fingerprint density at radius 2 is 2.20 bits per heavy atom. The predicted molar refractivity (Wildman–Crippen MR) is 55.5 cm³/mol. The second-order valence-electron chi connectivity index (χ2n) is 4.52. The second-order valence-corrected chi connectivity index (χ2v) is 4.52. The molecule has 0 saturated heterocycles. The Morgan fingerprint density at radius 1 is 1.33 bits per heavy atom. The Balaban J connectivity index is 1.85. The van der Waals surface area contributed by atoms with Gasteiger partial charge in [0, 0.05) is 18.0 Å². The first-order valence-electron chi connectivity index (χ1n) is 5.69. The van der Waals surface area contributed by atoms with Crippen LogP contribution in [0.15, 0.2) is 6.33 Å². The molecule has 0 aromatic carbocycles. The van der Waals surface area contributed by atoms with Crippen molar-refractivity contribution < 1.29 is 4.79 Å². The molecule has 0 amide bonds. The van der Waals surface area contributed by atoms with E-state index in [4.69, 9.17) is 0 Å². The molecule has 15 heavy (non-hydrogen) atoms. The van der Waals surface area contributed by atoms with Crippen molar-refractivity contribution in [2.24, 2.45) is 5.92 Å². The van der Waals surface area contributed by atoms with E-state index in [2.05, 4.69) is 9.97 Å². The normalized spacial score (nSPS) is 18.9. The van der Waals surface area contributed by atoms with Gasteiger partial charge in [0.1, 0.15) is 12.1 Å². The summed E-state index contributed by atoms with van der Waals surface area (Å²) in [5.41, 5.74) is 3.42. The summed E-state index contributed by atoms with van der Waals surface area (Å²) < 4.78 is 0. The standard InChI is InChI=1S/C12H14N2O/c15-12(8-4-5-8)6-11-9-2-1-3-10(9)13-7-14-11/h7-8H,1-6H2. The molecule has 0 bridgehead atoms. The van der Waals surface area contributed by atoms with Crippen molar-refractivity contribution >= 4 is 5.78 Å². The number of ketones is 1. The zero-order valence-corrected chi connectivity index (χ0v) is 8.70. The number of carbonyl (C=O) groups is 1. The van der Waals surface area contributed by atoms with Gasteiger partial charge in [-0.3, -0.25) is 4.79 Å². The molecule has 78 valence electrons. The number of hydrogen-bond donors (Lipinski definition) is 0. The van der Waals surface area contributed by atoms with Crippen molar-refractivity contribution in [2.45, 2.75) is 38.5 Å². The van der Waals surface area contributed by atoms with E-state index in [1.54, 1.807) is 6.33 Å². The first kappa shape index (κ1) is 9.01. The molecule has 0 aliphatic heterocycles. The van der Waals surface area contributed by atoms with Crippen LogP contribution in [0, 0.1) is 5.92 Å². The predicted octanol–water partition coefficient (Wildman–Crippen LogP) is 1.49. The van der Waals surface area contributed by atoms with Crippen molar-refractivity contribution in [1.82, 2.24) is 9.97 Å². The molecule has 0 radical (unpaired) electrons. The van der Waals surface area contributed by atoms with Gasteiger partial charge in [-0.25, -0.2) is 9.97 Å². The Kier molecular flexibility index (Phi) is 2.04. The Morgan fingerprint density at radius 3 is 3.00 bits per heavy atom. The number of nitrogens with zero attached hydrogens (tertiary/aromatic N) is 2. The summed E-state index contributed by atoms with van der Waals surface area (Å²) >= 11 is 0. The molecule has 1 heterocycles. The molecule has 0 unspecified atom stereocenters. The van der Waals surface area contributed by atoms with Crippen LogP contribution in [0.2, 0.25) is 0 Å². The fourth-order valence-electron chi connectivity index (χ4n) is 2.29. The summed E-state index contributed by atoms with van der Waals surface area (Å²) in [7, 11) is 0. The highest BCUT2D eigenvalue weighted by Crippen LogP contribution is 2.31. The monoisotopic (exact) mass is 202 g/mol. The molecular weight excluding hydrogens is 188 g/mol. The smallest absolute Gasteiger partial charge is 0.141 e. The first-order valence-corrected chi connectivity index (χ1v) is 5.69. The quantitative estimate of drug-likeness (QED) is 0.745. The molecule has 0 atom stereocenters. The molecule has 3 heteroatoms. The number of carbonyl (C=O) groups excluding carboxylic acids is 1. The second kappa shape index (κ2) is 3.40. The van der Waals surface area contributed by atoms with Crippen LogP contribution in [-0.2, 0) is 24.1 Å². The molecule has 2 aliphatic carbocycles. The van der Waals surface area contributed by atoms with E-state index in [1.165, 1.54) is 17.7 Å². The number of aryl methyl sites for hydroxylation is 1. The van der Waals surface area contributed by atoms with Crippen LogP contribution in [0.3, 0.4) is 0 Å². The third-order valence-electron chi connectivity index (χ3n) is 3.34. The van der Waals surface area contributed by atoms with E-state index in [1.807, 2.05) is 0 Å². The highest BCUT2D eigenvalue weighted by molar-refractivity contribution is 5.85. The molecule has 1 aromatic heterocycles. The molecule has 3 rings (SSSR count). The van der Waals surface area contributed by atoms with Gasteiger partial charge in [-0.1, -0.05) is 0 Å². The van der Waals surface area contributed by atoms with E-state index < -0.39 is 0 Å². The van der Waals surface area contributed by atoms with Gasteiger partial charge in [-0.2, -0.15) is 0 Å². The number of fused-ring (bicyclic) bond motifs is 1. The van der Waals surface area contributed by atoms with Crippen molar-refractivity contribution in [3.63, 3.8) is 0 Å². The zero-order valence-electron chi connectivity index (χ0n) is 8.70. The van der Waals surface area contributed by atoms with Gasteiger partial charge in [0.2, 0.25) is 0 Å². The maximum atomic E-state index is 11.7. The van der Waals surface area contributed by atoms with Crippen LogP contribution in [0.1, 0.15) is 36.2 Å². The van der Waals surface area contributed by atoms with Crippen molar-refractivity contribution in [3.05, 3.63) is 23.3 Å². The number of aromatic nitrogens is 2. The van der Waals surface area contributed by atoms with Crippen LogP contribution in [0.5, 0.6) is 0 Å². The molecule has 0 spiro atoms. The van der Waals surface area contributed by atoms with Gasteiger partial charge < -0.3 is 0 Å². The zero-order chi connectivity index (χ0) is 10.3. The molecule has 1 aromatic rings. The molecule has 2 aliphatic rings. The Bertz CT molecular complexity index is 410.